The van der Waals surface area contributed by atoms with E-state index >= 15 is 0 Å². The van der Waals surface area contributed by atoms with Crippen molar-refractivity contribution >= 4 is 0 Å². The molecule has 0 aromatic heterocycles. The van der Waals surface area contributed by atoms with Crippen molar-refractivity contribution < 1.29 is 51.4 Å². The summed E-state index contributed by atoms with van der Waals surface area (Å²) in [5.41, 5.74) is 2.63. The molecule has 1 aromatic carbocycles. The molecule has 54 valence electrons. The Balaban J connectivity index is 0.000001000. The smallest absolute Gasteiger partial charge is 0.181 e. The van der Waals surface area contributed by atoms with Crippen molar-refractivity contribution in [2.24, 2.45) is 0 Å². The average molecular weight is 172 g/mol. The Morgan fingerprint density at radius 3 is 2.36 bits per heavy atom. The second-order valence-electron chi connectivity index (χ2n) is 2.96. The summed E-state index contributed by atoms with van der Waals surface area (Å²) in [6, 6.07) is 9.43. The van der Waals surface area contributed by atoms with Crippen LogP contribution in [0.2, 0.25) is 0 Å². The van der Waals surface area contributed by atoms with Crippen LogP contribution in [-0.2, 0) is 0 Å². The first kappa shape index (κ1) is 11.9. The summed E-state index contributed by atoms with van der Waals surface area (Å²) in [5.74, 6) is 0.633. The Kier molecular flexibility index (Phi) is 5.92. The normalized spacial score (nSPS) is 9.45. The molecule has 0 saturated heterocycles. The van der Waals surface area contributed by atoms with Crippen molar-refractivity contribution in [3.8, 4) is 0 Å². The molecule has 0 saturated carbocycles. The Morgan fingerprint density at radius 2 is 2.00 bits per heavy atom. The van der Waals surface area contributed by atoms with Gasteiger partial charge in [0.25, 0.3) is 0 Å². The second kappa shape index (κ2) is 5.49. The largest absolute Gasteiger partial charge is 1.00 e. The van der Waals surface area contributed by atoms with Gasteiger partial charge in [-0.05, 0) is 5.92 Å². The summed E-state index contributed by atoms with van der Waals surface area (Å²) in [4.78, 5) is 0. The SMILES string of the molecule is Cc1[c-]ccc(C(C)C)c1.[K+]. The van der Waals surface area contributed by atoms with Crippen LogP contribution in [0.25, 0.3) is 0 Å². The van der Waals surface area contributed by atoms with Gasteiger partial charge >= 0.3 is 51.4 Å². The second-order valence-corrected chi connectivity index (χ2v) is 2.96. The summed E-state index contributed by atoms with van der Waals surface area (Å²) in [5, 5.41) is 0. The van der Waals surface area contributed by atoms with Crippen LogP contribution in [0.1, 0.15) is 30.9 Å². The van der Waals surface area contributed by atoms with Crippen LogP contribution in [0.4, 0.5) is 0 Å². The molecule has 0 amide bonds. The fourth-order valence-electron chi connectivity index (χ4n) is 0.968. The Morgan fingerprint density at radius 1 is 1.36 bits per heavy atom. The van der Waals surface area contributed by atoms with E-state index < -0.39 is 0 Å². The summed E-state index contributed by atoms with van der Waals surface area (Å²) in [6.45, 7) is 6.48. The molecule has 0 aliphatic heterocycles. The zero-order valence-corrected chi connectivity index (χ0v) is 10.9. The van der Waals surface area contributed by atoms with Gasteiger partial charge in [-0.3, -0.25) is 0 Å². The van der Waals surface area contributed by atoms with Gasteiger partial charge in [0, 0.05) is 0 Å². The van der Waals surface area contributed by atoms with Gasteiger partial charge < -0.3 is 0 Å². The van der Waals surface area contributed by atoms with Crippen molar-refractivity contribution in [1.29, 1.82) is 0 Å². The van der Waals surface area contributed by atoms with E-state index in [1.165, 1.54) is 11.1 Å². The standard InChI is InChI=1S/C10H13.K/c1-8(2)10-6-4-5-9(3)7-10;/h4,6-8H,1-3H3;/q-1;+1. The van der Waals surface area contributed by atoms with Crippen molar-refractivity contribution in [1.82, 2.24) is 0 Å². The summed E-state index contributed by atoms with van der Waals surface area (Å²) >= 11 is 0. The fourth-order valence-corrected chi connectivity index (χ4v) is 0.968. The molecule has 0 spiro atoms. The van der Waals surface area contributed by atoms with Gasteiger partial charge in [0.05, 0.1) is 0 Å². The number of hydrogen-bond donors (Lipinski definition) is 0. The Hall–Kier alpha value is 0.856. The molecule has 1 rings (SSSR count). The van der Waals surface area contributed by atoms with E-state index in [1.807, 2.05) is 6.07 Å². The van der Waals surface area contributed by atoms with Crippen LogP contribution in [0.5, 0.6) is 0 Å². The maximum Gasteiger partial charge on any atom is 1.00 e. The summed E-state index contributed by atoms with van der Waals surface area (Å²) in [7, 11) is 0. The monoisotopic (exact) mass is 172 g/mol. The molecule has 0 bridgehead atoms. The molecule has 0 heterocycles. The maximum atomic E-state index is 3.13. The van der Waals surface area contributed by atoms with E-state index in [9.17, 15) is 0 Å². The fraction of sp³-hybridized carbons (Fsp3) is 0.400. The van der Waals surface area contributed by atoms with E-state index in [4.69, 9.17) is 0 Å². The zero-order valence-electron chi connectivity index (χ0n) is 7.81. The van der Waals surface area contributed by atoms with Gasteiger partial charge in [-0.25, -0.2) is 0 Å². The molecule has 0 fully saturated rings. The van der Waals surface area contributed by atoms with Crippen LogP contribution in [0.3, 0.4) is 0 Å². The Bertz CT molecular complexity index is 216. The molecule has 0 atom stereocenters. The molecule has 11 heavy (non-hydrogen) atoms. The number of aryl methyl sites for hydroxylation is 1. The molecule has 0 nitrogen and oxygen atoms in total. The van der Waals surface area contributed by atoms with Gasteiger partial charge in [-0.2, -0.15) is 35.4 Å². The summed E-state index contributed by atoms with van der Waals surface area (Å²) < 4.78 is 0. The van der Waals surface area contributed by atoms with Gasteiger partial charge in [0.15, 0.2) is 0 Å². The first-order valence-corrected chi connectivity index (χ1v) is 3.68. The topological polar surface area (TPSA) is 0 Å². The minimum absolute atomic E-state index is 0. The number of hydrogen-bond acceptors (Lipinski definition) is 0. The van der Waals surface area contributed by atoms with E-state index in [0.29, 0.717) is 5.92 Å². The van der Waals surface area contributed by atoms with Crippen LogP contribution in [0.15, 0.2) is 18.2 Å². The molecule has 0 radical (unpaired) electrons. The van der Waals surface area contributed by atoms with Crippen LogP contribution in [-0.4, -0.2) is 0 Å². The summed E-state index contributed by atoms with van der Waals surface area (Å²) in [6.07, 6.45) is 0. The Labute approximate surface area is 112 Å². The molecule has 0 unspecified atom stereocenters. The van der Waals surface area contributed by atoms with Crippen molar-refractivity contribution in [3.63, 3.8) is 0 Å². The van der Waals surface area contributed by atoms with Gasteiger partial charge in [-0.15, -0.1) is 0 Å². The zero-order chi connectivity index (χ0) is 7.56. The molecular weight excluding hydrogens is 159 g/mol. The van der Waals surface area contributed by atoms with Crippen LogP contribution < -0.4 is 51.4 Å². The van der Waals surface area contributed by atoms with E-state index in [-0.39, 0.29) is 51.4 Å². The third-order valence-electron chi connectivity index (χ3n) is 1.64. The third kappa shape index (κ3) is 3.86. The molecule has 0 N–H and O–H groups in total. The van der Waals surface area contributed by atoms with Gasteiger partial charge in [-0.1, -0.05) is 20.8 Å². The average Bonchev–Trinajstić information content (AvgIpc) is 1.88. The molecule has 1 heteroatoms. The van der Waals surface area contributed by atoms with Gasteiger partial charge in [0.1, 0.15) is 0 Å². The van der Waals surface area contributed by atoms with E-state index in [2.05, 4.69) is 39.0 Å². The van der Waals surface area contributed by atoms with Crippen LogP contribution >= 0.6 is 0 Å². The van der Waals surface area contributed by atoms with E-state index in [0.717, 1.165) is 0 Å². The third-order valence-corrected chi connectivity index (χ3v) is 1.64. The quantitative estimate of drug-likeness (QED) is 0.411. The number of rotatable bonds is 1. The molecule has 0 aliphatic rings. The van der Waals surface area contributed by atoms with Crippen LogP contribution in [0, 0.1) is 13.0 Å². The van der Waals surface area contributed by atoms with Gasteiger partial charge in [0.2, 0.25) is 0 Å². The maximum absolute atomic E-state index is 3.13. The van der Waals surface area contributed by atoms with Crippen molar-refractivity contribution in [3.05, 3.63) is 35.4 Å². The first-order valence-electron chi connectivity index (χ1n) is 3.68. The van der Waals surface area contributed by atoms with E-state index in [1.54, 1.807) is 0 Å². The predicted octanol–water partition coefficient (Wildman–Crippen LogP) is -0.0774. The van der Waals surface area contributed by atoms with Crippen molar-refractivity contribution in [2.75, 3.05) is 0 Å². The van der Waals surface area contributed by atoms with Crippen molar-refractivity contribution in [2.45, 2.75) is 26.7 Å². The molecular formula is C10H13K. The minimum atomic E-state index is 0. The first-order chi connectivity index (χ1) is 4.70. The molecule has 0 aliphatic carbocycles. The minimum Gasteiger partial charge on any atom is -0.181 e. The molecule has 1 aromatic rings. The number of benzene rings is 1. The predicted molar refractivity (Wildman–Crippen MR) is 44.1 cm³/mol.